The van der Waals surface area contributed by atoms with Gasteiger partial charge in [-0.3, -0.25) is 4.79 Å². The van der Waals surface area contributed by atoms with Crippen molar-refractivity contribution in [2.75, 3.05) is 5.73 Å². The third-order valence-corrected chi connectivity index (χ3v) is 4.97. The van der Waals surface area contributed by atoms with Gasteiger partial charge in [-0.25, -0.2) is 14.5 Å². The standard InChI is InChI=1S/C19H21N5O3/c20-17-8-15-6-12(4-5-24(15)23-17)14-9-21-18(22-10-14)11-27-16-3-1-2-13(16)7-19(25)26/h4-6,8-10,13,16H,1-3,7,11H2,(H2,20,23)(H,25,26)/t13-,16?/m0/s1. The molecule has 8 heteroatoms. The fraction of sp³-hybridized carbons (Fsp3) is 0.368. The summed E-state index contributed by atoms with van der Waals surface area (Å²) < 4.78 is 7.61. The Bertz CT molecular complexity index is 954. The van der Waals surface area contributed by atoms with Crippen molar-refractivity contribution in [1.29, 1.82) is 0 Å². The molecular formula is C19H21N5O3. The van der Waals surface area contributed by atoms with Crippen LogP contribution in [0.15, 0.2) is 36.8 Å². The number of hydrogen-bond donors (Lipinski definition) is 2. The van der Waals surface area contributed by atoms with Gasteiger partial charge in [0.05, 0.1) is 18.0 Å². The number of nitrogen functional groups attached to an aromatic ring is 1. The predicted octanol–water partition coefficient (Wildman–Crippen LogP) is 2.53. The van der Waals surface area contributed by atoms with Gasteiger partial charge in [-0.2, -0.15) is 5.10 Å². The Morgan fingerprint density at radius 1 is 1.26 bits per heavy atom. The molecule has 0 aromatic carbocycles. The number of aliphatic carboxylic acids is 1. The molecule has 1 unspecified atom stereocenters. The first-order valence-corrected chi connectivity index (χ1v) is 8.98. The van der Waals surface area contributed by atoms with E-state index in [4.69, 9.17) is 15.6 Å². The van der Waals surface area contributed by atoms with E-state index in [1.54, 1.807) is 16.9 Å². The molecule has 1 aliphatic carbocycles. The predicted molar refractivity (Wildman–Crippen MR) is 98.8 cm³/mol. The molecule has 1 saturated carbocycles. The minimum atomic E-state index is -0.770. The molecule has 140 valence electrons. The highest BCUT2D eigenvalue weighted by Gasteiger charge is 2.29. The van der Waals surface area contributed by atoms with Crippen LogP contribution in [0.3, 0.4) is 0 Å². The van der Waals surface area contributed by atoms with Crippen LogP contribution in [-0.4, -0.2) is 36.8 Å². The highest BCUT2D eigenvalue weighted by molar-refractivity contribution is 5.69. The van der Waals surface area contributed by atoms with E-state index < -0.39 is 5.97 Å². The number of rotatable bonds is 6. The molecule has 3 heterocycles. The van der Waals surface area contributed by atoms with Crippen molar-refractivity contribution in [3.63, 3.8) is 0 Å². The maximum absolute atomic E-state index is 10.9. The zero-order valence-electron chi connectivity index (χ0n) is 14.8. The molecule has 3 aromatic rings. The van der Waals surface area contributed by atoms with Gasteiger partial charge < -0.3 is 15.6 Å². The third kappa shape index (κ3) is 3.90. The fourth-order valence-electron chi connectivity index (χ4n) is 3.63. The lowest BCUT2D eigenvalue weighted by molar-refractivity contribution is -0.139. The second kappa shape index (κ2) is 7.32. The molecule has 27 heavy (non-hydrogen) atoms. The van der Waals surface area contributed by atoms with Gasteiger partial charge in [0.2, 0.25) is 0 Å². The van der Waals surface area contributed by atoms with E-state index in [9.17, 15) is 4.79 Å². The SMILES string of the molecule is Nc1cc2cc(-c3cnc(COC4CCC[C@H]4CC(=O)O)nc3)ccn2n1. The first kappa shape index (κ1) is 17.4. The first-order chi connectivity index (χ1) is 13.1. The Morgan fingerprint density at radius 2 is 2.07 bits per heavy atom. The van der Waals surface area contributed by atoms with Gasteiger partial charge in [0.25, 0.3) is 0 Å². The van der Waals surface area contributed by atoms with Crippen molar-refractivity contribution in [2.24, 2.45) is 5.92 Å². The molecule has 2 atom stereocenters. The molecule has 3 N–H and O–H groups in total. The summed E-state index contributed by atoms with van der Waals surface area (Å²) in [7, 11) is 0. The lowest BCUT2D eigenvalue weighted by atomic mass is 10.0. The van der Waals surface area contributed by atoms with Crippen molar-refractivity contribution in [1.82, 2.24) is 19.6 Å². The zero-order chi connectivity index (χ0) is 18.8. The van der Waals surface area contributed by atoms with Crippen LogP contribution in [-0.2, 0) is 16.1 Å². The summed E-state index contributed by atoms with van der Waals surface area (Å²) in [5.74, 6) is 0.378. The Balaban J connectivity index is 1.41. The van der Waals surface area contributed by atoms with Crippen LogP contribution in [0, 0.1) is 5.92 Å². The van der Waals surface area contributed by atoms with Crippen LogP contribution in [0.1, 0.15) is 31.5 Å². The maximum Gasteiger partial charge on any atom is 0.303 e. The number of fused-ring (bicyclic) bond motifs is 1. The molecular weight excluding hydrogens is 346 g/mol. The van der Waals surface area contributed by atoms with Crippen LogP contribution >= 0.6 is 0 Å². The number of hydrogen-bond acceptors (Lipinski definition) is 6. The number of anilines is 1. The summed E-state index contributed by atoms with van der Waals surface area (Å²) in [5.41, 5.74) is 8.50. The van der Waals surface area contributed by atoms with E-state index in [1.807, 2.05) is 24.4 Å². The molecule has 0 aliphatic heterocycles. The minimum Gasteiger partial charge on any atom is -0.481 e. The van der Waals surface area contributed by atoms with Gasteiger partial charge in [-0.15, -0.1) is 0 Å². The molecule has 1 aliphatic rings. The highest BCUT2D eigenvalue weighted by Crippen LogP contribution is 2.31. The van der Waals surface area contributed by atoms with Crippen molar-refractivity contribution in [2.45, 2.75) is 38.4 Å². The second-order valence-corrected chi connectivity index (χ2v) is 6.88. The van der Waals surface area contributed by atoms with E-state index in [0.717, 1.165) is 35.9 Å². The molecule has 4 rings (SSSR count). The summed E-state index contributed by atoms with van der Waals surface area (Å²) in [6.45, 7) is 0.291. The summed E-state index contributed by atoms with van der Waals surface area (Å²) >= 11 is 0. The normalized spacial score (nSPS) is 19.6. The lowest BCUT2D eigenvalue weighted by Crippen LogP contribution is -2.21. The number of nitrogens with two attached hydrogens (primary N) is 1. The monoisotopic (exact) mass is 367 g/mol. The quantitative estimate of drug-likeness (QED) is 0.688. The van der Waals surface area contributed by atoms with Gasteiger partial charge in [0.15, 0.2) is 5.82 Å². The molecule has 3 aromatic heterocycles. The van der Waals surface area contributed by atoms with Crippen LogP contribution in [0.4, 0.5) is 5.82 Å². The highest BCUT2D eigenvalue weighted by atomic mass is 16.5. The zero-order valence-corrected chi connectivity index (χ0v) is 14.8. The second-order valence-electron chi connectivity index (χ2n) is 6.88. The lowest BCUT2D eigenvalue weighted by Gasteiger charge is -2.18. The van der Waals surface area contributed by atoms with E-state index in [2.05, 4.69) is 15.1 Å². The number of aromatic nitrogens is 4. The number of ether oxygens (including phenoxy) is 1. The Morgan fingerprint density at radius 3 is 2.85 bits per heavy atom. The molecule has 0 saturated heterocycles. The average molecular weight is 367 g/mol. The van der Waals surface area contributed by atoms with Crippen molar-refractivity contribution < 1.29 is 14.6 Å². The number of pyridine rings is 1. The molecule has 1 fully saturated rings. The Labute approximate surface area is 156 Å². The van der Waals surface area contributed by atoms with Crippen LogP contribution in [0.25, 0.3) is 16.6 Å². The number of carboxylic acid groups (broad SMARTS) is 1. The van der Waals surface area contributed by atoms with Gasteiger partial charge in [-0.1, -0.05) is 6.42 Å². The fourth-order valence-corrected chi connectivity index (χ4v) is 3.63. The Hall–Kier alpha value is -3.00. The van der Waals surface area contributed by atoms with Gasteiger partial charge in [-0.05, 0) is 36.5 Å². The molecule has 0 amide bonds. The van der Waals surface area contributed by atoms with Crippen LogP contribution < -0.4 is 5.73 Å². The van der Waals surface area contributed by atoms with Gasteiger partial charge >= 0.3 is 5.97 Å². The van der Waals surface area contributed by atoms with E-state index in [-0.39, 0.29) is 18.4 Å². The number of nitrogens with zero attached hydrogens (tertiary/aromatic N) is 4. The van der Waals surface area contributed by atoms with E-state index >= 15 is 0 Å². The molecule has 0 bridgehead atoms. The summed E-state index contributed by atoms with van der Waals surface area (Å²) in [6.07, 6.45) is 8.31. The van der Waals surface area contributed by atoms with Gasteiger partial charge in [0, 0.05) is 30.2 Å². The summed E-state index contributed by atoms with van der Waals surface area (Å²) in [5, 5.41) is 13.1. The van der Waals surface area contributed by atoms with Crippen molar-refractivity contribution in [3.8, 4) is 11.1 Å². The summed E-state index contributed by atoms with van der Waals surface area (Å²) in [4.78, 5) is 19.7. The average Bonchev–Trinajstić information content (AvgIpc) is 3.24. The molecule has 0 radical (unpaired) electrons. The number of carboxylic acids is 1. The molecule has 0 spiro atoms. The smallest absolute Gasteiger partial charge is 0.303 e. The maximum atomic E-state index is 10.9. The largest absolute Gasteiger partial charge is 0.481 e. The van der Waals surface area contributed by atoms with Crippen LogP contribution in [0.2, 0.25) is 0 Å². The van der Waals surface area contributed by atoms with Gasteiger partial charge in [0.1, 0.15) is 12.4 Å². The first-order valence-electron chi connectivity index (χ1n) is 8.98. The van der Waals surface area contributed by atoms with E-state index in [0.29, 0.717) is 18.2 Å². The Kier molecular flexibility index (Phi) is 4.72. The molecule has 8 nitrogen and oxygen atoms in total. The van der Waals surface area contributed by atoms with Crippen molar-refractivity contribution >= 4 is 17.3 Å². The third-order valence-electron chi connectivity index (χ3n) is 4.97. The topological polar surface area (TPSA) is 116 Å². The van der Waals surface area contributed by atoms with Crippen LogP contribution in [0.5, 0.6) is 0 Å². The minimum absolute atomic E-state index is 0.0286. The number of carbonyl (C=O) groups is 1. The van der Waals surface area contributed by atoms with E-state index in [1.165, 1.54) is 0 Å². The summed E-state index contributed by atoms with van der Waals surface area (Å²) in [6, 6.07) is 5.72. The van der Waals surface area contributed by atoms with Crippen molar-refractivity contribution in [3.05, 3.63) is 42.6 Å².